The van der Waals surface area contributed by atoms with Gasteiger partial charge in [0, 0.05) is 0 Å². The molecule has 8 heteroatoms. The first-order chi connectivity index (χ1) is 8.79. The minimum Gasteiger partial charge on any atom is -0.481 e. The van der Waals surface area contributed by atoms with E-state index in [1.807, 2.05) is 0 Å². The van der Waals surface area contributed by atoms with Crippen LogP contribution in [0.5, 0.6) is 0 Å². The van der Waals surface area contributed by atoms with Crippen molar-refractivity contribution in [3.05, 3.63) is 24.0 Å². The van der Waals surface area contributed by atoms with Crippen LogP contribution in [-0.2, 0) is 15.8 Å². The highest BCUT2D eigenvalue weighted by Crippen LogP contribution is 2.39. The molecule has 0 aromatic carbocycles. The van der Waals surface area contributed by atoms with Crippen LogP contribution in [-0.4, -0.2) is 22.0 Å². The van der Waals surface area contributed by atoms with Crippen molar-refractivity contribution in [3.63, 3.8) is 0 Å². The molecule has 1 fully saturated rings. The van der Waals surface area contributed by atoms with E-state index in [1.54, 1.807) is 0 Å². The lowest BCUT2D eigenvalue weighted by molar-refractivity contribution is -0.141. The summed E-state index contributed by atoms with van der Waals surface area (Å²) in [5.41, 5.74) is -0.950. The number of carbonyl (C=O) groups is 2. The van der Waals surface area contributed by atoms with Crippen molar-refractivity contribution in [2.45, 2.75) is 12.6 Å². The molecule has 2 rings (SSSR count). The molecule has 0 spiro atoms. The minimum atomic E-state index is -4.53. The number of hydrogen-bond donors (Lipinski definition) is 2. The summed E-state index contributed by atoms with van der Waals surface area (Å²) >= 11 is 0. The molecule has 0 bridgehead atoms. The van der Waals surface area contributed by atoms with Gasteiger partial charge in [0.05, 0.1) is 23.7 Å². The molecule has 5 nitrogen and oxygen atoms in total. The monoisotopic (exact) mass is 274 g/mol. The molecule has 1 aromatic rings. The van der Waals surface area contributed by atoms with E-state index >= 15 is 0 Å². The summed E-state index contributed by atoms with van der Waals surface area (Å²) in [6.45, 7) is 0. The number of anilines is 1. The van der Waals surface area contributed by atoms with Crippen molar-refractivity contribution < 1.29 is 27.9 Å². The molecule has 1 aromatic heterocycles. The van der Waals surface area contributed by atoms with E-state index in [4.69, 9.17) is 5.11 Å². The Morgan fingerprint density at radius 3 is 2.42 bits per heavy atom. The van der Waals surface area contributed by atoms with Crippen molar-refractivity contribution in [2.75, 3.05) is 5.32 Å². The molecule has 1 heterocycles. The molecule has 1 saturated carbocycles. The van der Waals surface area contributed by atoms with Gasteiger partial charge in [-0.15, -0.1) is 0 Å². The molecule has 2 unspecified atom stereocenters. The molecule has 1 amide bonds. The SMILES string of the molecule is O=C(O)C1CC1C(=O)Nc1ccc(C(F)(F)F)nc1. The number of halogens is 3. The van der Waals surface area contributed by atoms with E-state index in [2.05, 4.69) is 10.3 Å². The number of carbonyl (C=O) groups excluding carboxylic acids is 1. The molecule has 1 aliphatic carbocycles. The third-order valence-electron chi connectivity index (χ3n) is 2.77. The maximum Gasteiger partial charge on any atom is 0.433 e. The van der Waals surface area contributed by atoms with Crippen LogP contribution in [0, 0.1) is 11.8 Å². The van der Waals surface area contributed by atoms with E-state index in [1.165, 1.54) is 0 Å². The highest BCUT2D eigenvalue weighted by molar-refractivity contribution is 5.98. The van der Waals surface area contributed by atoms with Gasteiger partial charge in [-0.25, -0.2) is 4.98 Å². The number of amides is 1. The number of hydrogen-bond acceptors (Lipinski definition) is 3. The Morgan fingerprint density at radius 1 is 1.32 bits per heavy atom. The van der Waals surface area contributed by atoms with Crippen LogP contribution < -0.4 is 5.32 Å². The van der Waals surface area contributed by atoms with Crippen LogP contribution in [0.3, 0.4) is 0 Å². The fraction of sp³-hybridized carbons (Fsp3) is 0.364. The summed E-state index contributed by atoms with van der Waals surface area (Å²) in [4.78, 5) is 25.3. The maximum atomic E-state index is 12.2. The van der Waals surface area contributed by atoms with Crippen molar-refractivity contribution in [1.29, 1.82) is 0 Å². The van der Waals surface area contributed by atoms with Crippen LogP contribution in [0.2, 0.25) is 0 Å². The smallest absolute Gasteiger partial charge is 0.433 e. The molecule has 1 aliphatic rings. The summed E-state index contributed by atoms with van der Waals surface area (Å²) in [7, 11) is 0. The lowest BCUT2D eigenvalue weighted by Crippen LogP contribution is -2.17. The number of alkyl halides is 3. The van der Waals surface area contributed by atoms with Crippen LogP contribution in [0.1, 0.15) is 12.1 Å². The van der Waals surface area contributed by atoms with E-state index in [9.17, 15) is 22.8 Å². The summed E-state index contributed by atoms with van der Waals surface area (Å²) in [6, 6.07) is 1.82. The first kappa shape index (κ1) is 13.3. The standard InChI is InChI=1S/C11H9F3N2O3/c12-11(13,14)8-2-1-5(4-15-8)16-9(17)6-3-7(6)10(18)19/h1-2,4,6-7H,3H2,(H,16,17)(H,18,19). The molecule has 102 valence electrons. The van der Waals surface area contributed by atoms with Crippen molar-refractivity contribution >= 4 is 17.6 Å². The fourth-order valence-corrected chi connectivity index (χ4v) is 1.63. The molecule has 0 aliphatic heterocycles. The van der Waals surface area contributed by atoms with E-state index in [0.717, 1.165) is 18.3 Å². The molecule has 2 atom stereocenters. The van der Waals surface area contributed by atoms with Crippen molar-refractivity contribution in [3.8, 4) is 0 Å². The second-order valence-corrected chi connectivity index (χ2v) is 4.21. The van der Waals surface area contributed by atoms with Crippen LogP contribution >= 0.6 is 0 Å². The third kappa shape index (κ3) is 3.01. The summed E-state index contributed by atoms with van der Waals surface area (Å²) < 4.78 is 36.7. The zero-order chi connectivity index (χ0) is 14.2. The van der Waals surface area contributed by atoms with E-state index in [0.29, 0.717) is 0 Å². The molecule has 0 radical (unpaired) electrons. The Kier molecular flexibility index (Phi) is 3.17. The average molecular weight is 274 g/mol. The van der Waals surface area contributed by atoms with Crippen LogP contribution in [0.15, 0.2) is 18.3 Å². The van der Waals surface area contributed by atoms with Gasteiger partial charge >= 0.3 is 12.1 Å². The Balaban J connectivity index is 1.97. The van der Waals surface area contributed by atoms with Gasteiger partial charge in [0.2, 0.25) is 5.91 Å². The Morgan fingerprint density at radius 2 is 2.00 bits per heavy atom. The lowest BCUT2D eigenvalue weighted by atomic mass is 10.3. The highest BCUT2D eigenvalue weighted by Gasteiger charge is 2.48. The number of pyridine rings is 1. The van der Waals surface area contributed by atoms with Crippen LogP contribution in [0.4, 0.5) is 18.9 Å². The number of aromatic nitrogens is 1. The third-order valence-corrected chi connectivity index (χ3v) is 2.77. The van der Waals surface area contributed by atoms with Gasteiger partial charge in [-0.05, 0) is 18.6 Å². The first-order valence-electron chi connectivity index (χ1n) is 5.36. The summed E-state index contributed by atoms with van der Waals surface area (Å²) in [5, 5.41) is 11.0. The Labute approximate surface area is 105 Å². The van der Waals surface area contributed by atoms with Crippen molar-refractivity contribution in [2.24, 2.45) is 11.8 Å². The predicted molar refractivity (Wildman–Crippen MR) is 57.1 cm³/mol. The fourth-order valence-electron chi connectivity index (χ4n) is 1.63. The lowest BCUT2D eigenvalue weighted by Gasteiger charge is -2.07. The first-order valence-corrected chi connectivity index (χ1v) is 5.36. The van der Waals surface area contributed by atoms with Crippen LogP contribution in [0.25, 0.3) is 0 Å². The number of carboxylic acids is 1. The number of rotatable bonds is 3. The minimum absolute atomic E-state index is 0.106. The number of nitrogens with one attached hydrogen (secondary N) is 1. The van der Waals surface area contributed by atoms with Gasteiger partial charge < -0.3 is 10.4 Å². The Hall–Kier alpha value is -2.12. The summed E-state index contributed by atoms with van der Waals surface area (Å²) in [6.07, 6.45) is -3.40. The molecule has 19 heavy (non-hydrogen) atoms. The zero-order valence-electron chi connectivity index (χ0n) is 9.44. The highest BCUT2D eigenvalue weighted by atomic mass is 19.4. The average Bonchev–Trinajstić information content (AvgIpc) is 3.08. The molecule has 2 N–H and O–H groups in total. The van der Waals surface area contributed by atoms with E-state index in [-0.39, 0.29) is 12.1 Å². The Bertz CT molecular complexity index is 513. The van der Waals surface area contributed by atoms with Gasteiger partial charge in [0.25, 0.3) is 0 Å². The zero-order valence-corrected chi connectivity index (χ0v) is 9.44. The maximum absolute atomic E-state index is 12.2. The van der Waals surface area contributed by atoms with Gasteiger partial charge in [0.1, 0.15) is 5.69 Å². The summed E-state index contributed by atoms with van der Waals surface area (Å²) in [5.74, 6) is -2.90. The van der Waals surface area contributed by atoms with E-state index < -0.39 is 35.6 Å². The largest absolute Gasteiger partial charge is 0.481 e. The molecule has 0 saturated heterocycles. The molecular formula is C11H9F3N2O3. The quantitative estimate of drug-likeness (QED) is 0.880. The second-order valence-electron chi connectivity index (χ2n) is 4.21. The van der Waals surface area contributed by atoms with Gasteiger partial charge in [-0.2, -0.15) is 13.2 Å². The normalized spacial score (nSPS) is 21.8. The van der Waals surface area contributed by atoms with Gasteiger partial charge in [-0.3, -0.25) is 9.59 Å². The number of nitrogens with zero attached hydrogens (tertiary/aromatic N) is 1. The number of aliphatic carboxylic acids is 1. The second kappa shape index (κ2) is 4.52. The number of carboxylic acid groups (broad SMARTS) is 1. The molecular weight excluding hydrogens is 265 g/mol. The van der Waals surface area contributed by atoms with Gasteiger partial charge in [-0.1, -0.05) is 0 Å². The van der Waals surface area contributed by atoms with Gasteiger partial charge in [0.15, 0.2) is 0 Å². The predicted octanol–water partition coefficient (Wildman–Crippen LogP) is 1.76. The topological polar surface area (TPSA) is 79.3 Å². The van der Waals surface area contributed by atoms with Crippen molar-refractivity contribution in [1.82, 2.24) is 4.98 Å².